The second-order valence-corrected chi connectivity index (χ2v) is 12.2. The smallest absolute Gasteiger partial charge is 0.0541 e. The van der Waals surface area contributed by atoms with E-state index < -0.39 is 0 Å². The van der Waals surface area contributed by atoms with Crippen molar-refractivity contribution in [3.63, 3.8) is 0 Å². The first-order valence-electron chi connectivity index (χ1n) is 15.9. The summed E-state index contributed by atoms with van der Waals surface area (Å²) >= 11 is 0. The summed E-state index contributed by atoms with van der Waals surface area (Å²) in [4.78, 5) is 0. The van der Waals surface area contributed by atoms with Crippen LogP contribution in [0.25, 0.3) is 60.5 Å². The van der Waals surface area contributed by atoms with Crippen LogP contribution in [0.2, 0.25) is 0 Å². The minimum Gasteiger partial charge on any atom is -0.309 e. The van der Waals surface area contributed by atoms with Crippen LogP contribution in [-0.4, -0.2) is 4.57 Å². The van der Waals surface area contributed by atoms with Crippen molar-refractivity contribution in [3.05, 3.63) is 199 Å². The number of nitrogens with zero attached hydrogens (tertiary/aromatic N) is 1. The van der Waals surface area contributed by atoms with Gasteiger partial charge in [0, 0.05) is 22.4 Å². The summed E-state index contributed by atoms with van der Waals surface area (Å²) in [7, 11) is 0. The molecule has 1 atom stereocenters. The fourth-order valence-corrected chi connectivity index (χ4v) is 7.41. The van der Waals surface area contributed by atoms with Crippen molar-refractivity contribution in [2.24, 2.45) is 0 Å². The third-order valence-electron chi connectivity index (χ3n) is 9.63. The number of benzene rings is 7. The summed E-state index contributed by atoms with van der Waals surface area (Å²) in [6.45, 7) is 4.67. The van der Waals surface area contributed by atoms with Gasteiger partial charge in [-0.05, 0) is 79.6 Å². The van der Waals surface area contributed by atoms with E-state index >= 15 is 0 Å². The monoisotopic (exact) mass is 585 g/mol. The molecule has 8 aromatic rings. The highest BCUT2D eigenvalue weighted by molar-refractivity contribution is 6.09. The van der Waals surface area contributed by atoms with E-state index in [0.29, 0.717) is 0 Å². The molecular weight excluding hydrogens is 555 g/mol. The Bertz CT molecular complexity index is 2420. The van der Waals surface area contributed by atoms with Crippen LogP contribution in [0.1, 0.15) is 28.2 Å². The van der Waals surface area contributed by atoms with E-state index in [1.807, 2.05) is 0 Å². The van der Waals surface area contributed by atoms with Gasteiger partial charge in [-0.2, -0.15) is 0 Å². The maximum atomic E-state index is 4.67. The Labute approximate surface area is 269 Å². The van der Waals surface area contributed by atoms with Gasteiger partial charge in [0.2, 0.25) is 0 Å². The molecule has 1 heteroatoms. The Morgan fingerprint density at radius 2 is 1.11 bits per heavy atom. The van der Waals surface area contributed by atoms with Gasteiger partial charge < -0.3 is 4.57 Å². The van der Waals surface area contributed by atoms with E-state index in [1.54, 1.807) is 0 Å². The zero-order valence-electron chi connectivity index (χ0n) is 25.4. The lowest BCUT2D eigenvalue weighted by atomic mass is 9.75. The Kier molecular flexibility index (Phi) is 6.11. The van der Waals surface area contributed by atoms with E-state index in [-0.39, 0.29) is 5.92 Å². The van der Waals surface area contributed by atoms with Gasteiger partial charge >= 0.3 is 0 Å². The molecule has 46 heavy (non-hydrogen) atoms. The molecule has 0 saturated heterocycles. The number of allylic oxidation sites excluding steroid dienone is 2. The Morgan fingerprint density at radius 1 is 0.478 bits per heavy atom. The van der Waals surface area contributed by atoms with Gasteiger partial charge in [0.15, 0.2) is 0 Å². The molecule has 0 fully saturated rings. The van der Waals surface area contributed by atoms with Crippen molar-refractivity contribution in [2.75, 3.05) is 0 Å². The highest BCUT2D eigenvalue weighted by atomic mass is 15.0. The van der Waals surface area contributed by atoms with Crippen molar-refractivity contribution < 1.29 is 0 Å². The fourth-order valence-electron chi connectivity index (χ4n) is 7.41. The second kappa shape index (κ2) is 10.6. The Hall–Kier alpha value is -5.92. The molecule has 1 aliphatic carbocycles. The summed E-state index contributed by atoms with van der Waals surface area (Å²) in [6, 6.07) is 59.3. The molecule has 0 bridgehead atoms. The van der Waals surface area contributed by atoms with E-state index in [2.05, 4.69) is 181 Å². The second-order valence-electron chi connectivity index (χ2n) is 12.2. The molecule has 0 saturated carbocycles. The molecule has 0 spiro atoms. The quantitative estimate of drug-likeness (QED) is 0.194. The number of para-hydroxylation sites is 2. The van der Waals surface area contributed by atoms with Crippen molar-refractivity contribution >= 4 is 43.7 Å². The lowest BCUT2D eigenvalue weighted by Crippen LogP contribution is -2.09. The van der Waals surface area contributed by atoms with E-state index in [4.69, 9.17) is 0 Å². The first-order chi connectivity index (χ1) is 22.7. The van der Waals surface area contributed by atoms with Crippen molar-refractivity contribution in [1.29, 1.82) is 0 Å². The minimum absolute atomic E-state index is 0.0851. The molecule has 1 heterocycles. The molecule has 1 nitrogen and oxygen atoms in total. The highest BCUT2D eigenvalue weighted by Crippen LogP contribution is 2.47. The number of aromatic nitrogens is 1. The van der Waals surface area contributed by atoms with Gasteiger partial charge in [-0.25, -0.2) is 0 Å². The normalized spacial score (nSPS) is 14.5. The van der Waals surface area contributed by atoms with Gasteiger partial charge in [0.05, 0.1) is 11.0 Å². The summed E-state index contributed by atoms with van der Waals surface area (Å²) in [5.74, 6) is 0.0851. The fraction of sp³-hybridized carbons (Fsp3) is 0.0222. The summed E-state index contributed by atoms with van der Waals surface area (Å²) < 4.78 is 2.38. The molecule has 0 radical (unpaired) electrons. The topological polar surface area (TPSA) is 4.93 Å². The third-order valence-corrected chi connectivity index (χ3v) is 9.63. The van der Waals surface area contributed by atoms with E-state index in [1.165, 1.54) is 77.2 Å². The van der Waals surface area contributed by atoms with Crippen LogP contribution >= 0.6 is 0 Å². The average Bonchev–Trinajstić information content (AvgIpc) is 3.47. The third kappa shape index (κ3) is 4.17. The van der Waals surface area contributed by atoms with Crippen LogP contribution in [0.15, 0.2) is 176 Å². The lowest BCUT2D eigenvalue weighted by molar-refractivity contribution is 1.09. The largest absolute Gasteiger partial charge is 0.309 e. The van der Waals surface area contributed by atoms with Crippen LogP contribution in [-0.2, 0) is 0 Å². The average molecular weight is 586 g/mol. The standard InChI is InChI=1S/C45H31N/c1-30-37-27-26-33-14-5-6-17-38(33)45(37)42(32-12-3-2-4-13-32)29-41(30)34-24-22-31(23-25-34)35-15-11-16-36(28-35)46-43-20-9-7-18-39(43)40-19-8-10-21-44(40)46/h2-29,41H,1H2. The minimum atomic E-state index is 0.0851. The first-order valence-corrected chi connectivity index (χ1v) is 15.9. The van der Waals surface area contributed by atoms with Crippen LogP contribution in [0.3, 0.4) is 0 Å². The number of hydrogen-bond donors (Lipinski definition) is 0. The molecule has 7 aromatic carbocycles. The molecule has 0 N–H and O–H groups in total. The molecule has 1 aliphatic rings. The first kappa shape index (κ1) is 26.5. The number of rotatable bonds is 4. The molecule has 0 amide bonds. The molecular formula is C45H31N. The SMILES string of the molecule is C=C1c2ccc3ccccc3c2C(c2ccccc2)=CC1c1ccc(-c2cccc(-n3c4ccccc4c4ccccc43)c2)cc1. The molecule has 1 unspecified atom stereocenters. The summed E-state index contributed by atoms with van der Waals surface area (Å²) in [6.07, 6.45) is 2.42. The Morgan fingerprint density at radius 3 is 1.85 bits per heavy atom. The van der Waals surface area contributed by atoms with Gasteiger partial charge in [0.25, 0.3) is 0 Å². The lowest BCUT2D eigenvalue weighted by Gasteiger charge is -2.29. The predicted molar refractivity (Wildman–Crippen MR) is 195 cm³/mol. The molecule has 216 valence electrons. The van der Waals surface area contributed by atoms with E-state index in [9.17, 15) is 0 Å². The zero-order valence-corrected chi connectivity index (χ0v) is 25.4. The molecule has 9 rings (SSSR count). The Balaban J connectivity index is 1.12. The van der Waals surface area contributed by atoms with Gasteiger partial charge in [-0.3, -0.25) is 0 Å². The van der Waals surface area contributed by atoms with E-state index in [0.717, 1.165) is 5.57 Å². The molecule has 1 aromatic heterocycles. The zero-order chi connectivity index (χ0) is 30.6. The van der Waals surface area contributed by atoms with Crippen LogP contribution in [0, 0.1) is 0 Å². The van der Waals surface area contributed by atoms with Crippen LogP contribution in [0.5, 0.6) is 0 Å². The number of fused-ring (bicyclic) bond motifs is 6. The van der Waals surface area contributed by atoms with Crippen molar-refractivity contribution in [3.8, 4) is 16.8 Å². The maximum Gasteiger partial charge on any atom is 0.0541 e. The van der Waals surface area contributed by atoms with Crippen molar-refractivity contribution in [2.45, 2.75) is 5.92 Å². The summed E-state index contributed by atoms with van der Waals surface area (Å²) in [5.41, 5.74) is 13.4. The van der Waals surface area contributed by atoms with Crippen LogP contribution < -0.4 is 0 Å². The summed E-state index contributed by atoms with van der Waals surface area (Å²) in [5, 5.41) is 5.08. The molecule has 0 aliphatic heterocycles. The predicted octanol–water partition coefficient (Wildman–Crippen LogP) is 11.8. The van der Waals surface area contributed by atoms with Gasteiger partial charge in [0.1, 0.15) is 0 Å². The maximum absolute atomic E-state index is 4.67. The van der Waals surface area contributed by atoms with Gasteiger partial charge in [-0.1, -0.05) is 152 Å². The highest BCUT2D eigenvalue weighted by Gasteiger charge is 2.26. The van der Waals surface area contributed by atoms with Crippen molar-refractivity contribution in [1.82, 2.24) is 4.57 Å². The number of hydrogen-bond acceptors (Lipinski definition) is 0. The van der Waals surface area contributed by atoms with Gasteiger partial charge in [-0.15, -0.1) is 0 Å². The van der Waals surface area contributed by atoms with Crippen LogP contribution in [0.4, 0.5) is 0 Å².